The standard InChI is InChI=1S/C17H23F3N4O3/c1-4-24(11-16(27)23(3)9-14(25)21-2)10-15(26)22-13-8-6-5-7-12(13)17(18,19)20/h5-8H,4,9-11H2,1-3H3,(H,21,25)(H,22,26). The fraction of sp³-hybridized carbons (Fsp3) is 0.471. The van der Waals surface area contributed by atoms with Gasteiger partial charge in [-0.25, -0.2) is 0 Å². The Morgan fingerprint density at radius 1 is 1.04 bits per heavy atom. The first-order valence-corrected chi connectivity index (χ1v) is 8.21. The molecule has 7 nitrogen and oxygen atoms in total. The zero-order valence-corrected chi connectivity index (χ0v) is 15.4. The number of nitrogens with zero attached hydrogens (tertiary/aromatic N) is 2. The molecule has 0 bridgehead atoms. The van der Waals surface area contributed by atoms with Crippen LogP contribution in [0.25, 0.3) is 0 Å². The number of nitrogens with one attached hydrogen (secondary N) is 2. The van der Waals surface area contributed by atoms with Gasteiger partial charge in [-0.2, -0.15) is 13.2 Å². The van der Waals surface area contributed by atoms with Crippen molar-refractivity contribution in [2.75, 3.05) is 45.6 Å². The van der Waals surface area contributed by atoms with Crippen LogP contribution in [0.1, 0.15) is 12.5 Å². The van der Waals surface area contributed by atoms with Crippen LogP contribution in [0.15, 0.2) is 24.3 Å². The van der Waals surface area contributed by atoms with Crippen molar-refractivity contribution >= 4 is 23.4 Å². The second kappa shape index (κ2) is 9.91. The maximum Gasteiger partial charge on any atom is 0.418 e. The van der Waals surface area contributed by atoms with E-state index >= 15 is 0 Å². The van der Waals surface area contributed by atoms with Crippen LogP contribution < -0.4 is 10.6 Å². The Balaban J connectivity index is 2.70. The lowest BCUT2D eigenvalue weighted by atomic mass is 10.1. The van der Waals surface area contributed by atoms with Crippen molar-refractivity contribution in [3.63, 3.8) is 0 Å². The highest BCUT2D eigenvalue weighted by Gasteiger charge is 2.33. The topological polar surface area (TPSA) is 81.8 Å². The molecule has 3 amide bonds. The van der Waals surface area contributed by atoms with Gasteiger partial charge in [0.1, 0.15) is 0 Å². The quantitative estimate of drug-likeness (QED) is 0.701. The van der Waals surface area contributed by atoms with Crippen LogP contribution in [0, 0.1) is 0 Å². The van der Waals surface area contributed by atoms with Crippen LogP contribution in [-0.2, 0) is 20.6 Å². The molecular weight excluding hydrogens is 365 g/mol. The molecule has 0 atom stereocenters. The summed E-state index contributed by atoms with van der Waals surface area (Å²) in [4.78, 5) is 38.2. The molecule has 0 aliphatic carbocycles. The van der Waals surface area contributed by atoms with E-state index in [9.17, 15) is 27.6 Å². The molecule has 0 aliphatic heterocycles. The van der Waals surface area contributed by atoms with Gasteiger partial charge in [-0.1, -0.05) is 19.1 Å². The zero-order valence-electron chi connectivity index (χ0n) is 15.4. The molecule has 1 rings (SSSR count). The minimum absolute atomic E-state index is 0.127. The summed E-state index contributed by atoms with van der Waals surface area (Å²) in [6.45, 7) is 1.51. The molecule has 0 saturated carbocycles. The highest BCUT2D eigenvalue weighted by Crippen LogP contribution is 2.34. The van der Waals surface area contributed by atoms with Crippen molar-refractivity contribution in [3.05, 3.63) is 29.8 Å². The summed E-state index contributed by atoms with van der Waals surface area (Å²) in [6, 6.07) is 4.67. The van der Waals surface area contributed by atoms with Gasteiger partial charge in [0.05, 0.1) is 30.9 Å². The van der Waals surface area contributed by atoms with E-state index in [2.05, 4.69) is 10.6 Å². The smallest absolute Gasteiger partial charge is 0.358 e. The molecule has 0 heterocycles. The van der Waals surface area contributed by atoms with Crippen molar-refractivity contribution < 1.29 is 27.6 Å². The summed E-state index contributed by atoms with van der Waals surface area (Å²) >= 11 is 0. The third-order valence-electron chi connectivity index (χ3n) is 3.77. The Hall–Kier alpha value is -2.62. The predicted molar refractivity (Wildman–Crippen MR) is 93.9 cm³/mol. The van der Waals surface area contributed by atoms with Gasteiger partial charge in [0.2, 0.25) is 17.7 Å². The lowest BCUT2D eigenvalue weighted by Crippen LogP contribution is -2.44. The number of alkyl halides is 3. The van der Waals surface area contributed by atoms with Crippen LogP contribution in [0.2, 0.25) is 0 Å². The Kier molecular flexibility index (Phi) is 8.23. The first kappa shape index (κ1) is 22.4. The molecule has 1 aromatic carbocycles. The maximum atomic E-state index is 13.0. The first-order valence-electron chi connectivity index (χ1n) is 8.21. The SMILES string of the molecule is CCN(CC(=O)Nc1ccccc1C(F)(F)F)CC(=O)N(C)CC(=O)NC. The van der Waals surface area contributed by atoms with Crippen LogP contribution in [0.4, 0.5) is 18.9 Å². The Morgan fingerprint density at radius 2 is 1.67 bits per heavy atom. The van der Waals surface area contributed by atoms with E-state index < -0.39 is 17.6 Å². The van der Waals surface area contributed by atoms with Gasteiger partial charge in [-0.15, -0.1) is 0 Å². The van der Waals surface area contributed by atoms with Crippen LogP contribution in [0.5, 0.6) is 0 Å². The number of para-hydroxylation sites is 1. The van der Waals surface area contributed by atoms with Crippen molar-refractivity contribution in [2.45, 2.75) is 13.1 Å². The molecule has 0 fully saturated rings. The van der Waals surface area contributed by atoms with E-state index in [0.29, 0.717) is 6.54 Å². The van der Waals surface area contributed by atoms with Crippen LogP contribution in [-0.4, -0.2) is 67.8 Å². The van der Waals surface area contributed by atoms with Gasteiger partial charge in [-0.3, -0.25) is 19.3 Å². The van der Waals surface area contributed by atoms with E-state index in [0.717, 1.165) is 6.07 Å². The number of rotatable bonds is 8. The number of anilines is 1. The third kappa shape index (κ3) is 7.26. The Morgan fingerprint density at radius 3 is 2.22 bits per heavy atom. The summed E-state index contributed by atoms with van der Waals surface area (Å²) < 4.78 is 38.9. The molecule has 150 valence electrons. The van der Waals surface area contributed by atoms with Crippen molar-refractivity contribution in [1.82, 2.24) is 15.1 Å². The lowest BCUT2D eigenvalue weighted by molar-refractivity contribution is -0.137. The average molecular weight is 388 g/mol. The van der Waals surface area contributed by atoms with E-state index in [1.807, 2.05) is 0 Å². The number of carbonyl (C=O) groups excluding carboxylic acids is 3. The summed E-state index contributed by atoms with van der Waals surface area (Å²) in [7, 11) is 2.90. The largest absolute Gasteiger partial charge is 0.418 e. The van der Waals surface area contributed by atoms with E-state index in [-0.39, 0.29) is 37.1 Å². The molecule has 0 spiro atoms. The molecule has 27 heavy (non-hydrogen) atoms. The summed E-state index contributed by atoms with van der Waals surface area (Å²) in [5, 5.41) is 4.63. The second-order valence-corrected chi connectivity index (χ2v) is 5.82. The molecule has 0 aliphatic rings. The van der Waals surface area contributed by atoms with Gasteiger partial charge in [0, 0.05) is 14.1 Å². The number of hydrogen-bond donors (Lipinski definition) is 2. The van der Waals surface area contributed by atoms with Gasteiger partial charge >= 0.3 is 6.18 Å². The molecular formula is C17H23F3N4O3. The number of hydrogen-bond acceptors (Lipinski definition) is 4. The van der Waals surface area contributed by atoms with Crippen LogP contribution in [0.3, 0.4) is 0 Å². The molecule has 0 radical (unpaired) electrons. The molecule has 0 unspecified atom stereocenters. The monoisotopic (exact) mass is 388 g/mol. The van der Waals surface area contributed by atoms with E-state index in [1.165, 1.54) is 42.1 Å². The van der Waals surface area contributed by atoms with Crippen molar-refractivity contribution in [1.29, 1.82) is 0 Å². The first-order chi connectivity index (χ1) is 12.6. The summed E-state index contributed by atoms with van der Waals surface area (Å²) in [6.07, 6.45) is -4.59. The fourth-order valence-electron chi connectivity index (χ4n) is 2.21. The van der Waals surface area contributed by atoms with Gasteiger partial charge < -0.3 is 15.5 Å². The molecule has 2 N–H and O–H groups in total. The molecule has 0 aromatic heterocycles. The van der Waals surface area contributed by atoms with Crippen LogP contribution >= 0.6 is 0 Å². The minimum Gasteiger partial charge on any atom is -0.358 e. The number of carbonyl (C=O) groups is 3. The second-order valence-electron chi connectivity index (χ2n) is 5.82. The number of benzene rings is 1. The highest BCUT2D eigenvalue weighted by atomic mass is 19.4. The number of halogens is 3. The normalized spacial score (nSPS) is 11.2. The third-order valence-corrected chi connectivity index (χ3v) is 3.77. The molecule has 1 aromatic rings. The van der Waals surface area contributed by atoms with Crippen molar-refractivity contribution in [3.8, 4) is 0 Å². The number of likely N-dealkylation sites (N-methyl/N-ethyl adjacent to an activating group) is 3. The highest BCUT2D eigenvalue weighted by molar-refractivity contribution is 5.93. The van der Waals surface area contributed by atoms with E-state index in [4.69, 9.17) is 0 Å². The van der Waals surface area contributed by atoms with E-state index in [1.54, 1.807) is 6.92 Å². The summed E-state index contributed by atoms with van der Waals surface area (Å²) in [5.74, 6) is -1.39. The molecule has 0 saturated heterocycles. The minimum atomic E-state index is -4.59. The number of amides is 3. The Labute approximate surface area is 155 Å². The fourth-order valence-corrected chi connectivity index (χ4v) is 2.21. The maximum absolute atomic E-state index is 13.0. The zero-order chi connectivity index (χ0) is 20.6. The lowest BCUT2D eigenvalue weighted by Gasteiger charge is -2.23. The Bertz CT molecular complexity index is 680. The van der Waals surface area contributed by atoms with Gasteiger partial charge in [0.25, 0.3) is 0 Å². The van der Waals surface area contributed by atoms with Crippen molar-refractivity contribution in [2.24, 2.45) is 0 Å². The average Bonchev–Trinajstić information content (AvgIpc) is 2.60. The summed E-state index contributed by atoms with van der Waals surface area (Å²) in [5.41, 5.74) is -1.28. The van der Waals surface area contributed by atoms with Gasteiger partial charge in [0.15, 0.2) is 0 Å². The predicted octanol–water partition coefficient (Wildman–Crippen LogP) is 1.17. The molecule has 10 heteroatoms. The van der Waals surface area contributed by atoms with Gasteiger partial charge in [-0.05, 0) is 18.7 Å².